The maximum Gasteiger partial charge on any atom is 0.266 e. The number of H-pyrrole nitrogens is 1. The molecule has 1 aromatic carbocycles. The van der Waals surface area contributed by atoms with Gasteiger partial charge in [0.1, 0.15) is 11.6 Å². The third-order valence-corrected chi connectivity index (χ3v) is 4.90. The second kappa shape index (κ2) is 6.94. The first-order chi connectivity index (χ1) is 12.0. The van der Waals surface area contributed by atoms with Gasteiger partial charge in [0, 0.05) is 17.8 Å². The van der Waals surface area contributed by atoms with Crippen molar-refractivity contribution >= 4 is 11.6 Å². The van der Waals surface area contributed by atoms with E-state index in [2.05, 4.69) is 22.4 Å². The maximum absolute atomic E-state index is 12.3. The zero-order valence-corrected chi connectivity index (χ0v) is 14.5. The number of pyridine rings is 1. The molecule has 3 rings (SSSR count). The van der Waals surface area contributed by atoms with E-state index in [4.69, 9.17) is 5.26 Å². The fourth-order valence-electron chi connectivity index (χ4n) is 3.53. The number of aromatic amines is 1. The summed E-state index contributed by atoms with van der Waals surface area (Å²) in [5, 5.41) is 12.1. The number of nitriles is 1. The highest BCUT2D eigenvalue weighted by Crippen LogP contribution is 2.25. The van der Waals surface area contributed by atoms with Crippen LogP contribution in [0.2, 0.25) is 0 Å². The molecule has 5 heteroatoms. The second-order valence-electron chi connectivity index (χ2n) is 6.55. The van der Waals surface area contributed by atoms with Crippen molar-refractivity contribution in [2.75, 3.05) is 5.32 Å². The molecule has 0 fully saturated rings. The molecule has 1 aliphatic carbocycles. The van der Waals surface area contributed by atoms with Crippen LogP contribution in [-0.2, 0) is 24.1 Å². The molecule has 1 aromatic heterocycles. The number of benzene rings is 1. The lowest BCUT2D eigenvalue weighted by Gasteiger charge is -2.11. The molecule has 5 nitrogen and oxygen atoms in total. The van der Waals surface area contributed by atoms with Gasteiger partial charge in [-0.05, 0) is 73.9 Å². The standard InChI is InChI=1S/C20H21N3O2/c1-12-17(13(2)22-20(25)18(12)11-21)8-9-19(24)23-16-7-6-14-4-3-5-15(14)10-16/h6-7,10H,3-5,8-9H2,1-2H3,(H,22,25)(H,23,24). The Morgan fingerprint density at radius 2 is 2.04 bits per heavy atom. The van der Waals surface area contributed by atoms with Crippen LogP contribution >= 0.6 is 0 Å². The minimum absolute atomic E-state index is 0.0681. The number of nitrogens with one attached hydrogen (secondary N) is 2. The van der Waals surface area contributed by atoms with E-state index in [1.807, 2.05) is 12.1 Å². The molecule has 128 valence electrons. The van der Waals surface area contributed by atoms with E-state index in [9.17, 15) is 9.59 Å². The van der Waals surface area contributed by atoms with Gasteiger partial charge < -0.3 is 10.3 Å². The van der Waals surface area contributed by atoms with Gasteiger partial charge in [-0.25, -0.2) is 0 Å². The Morgan fingerprint density at radius 1 is 1.28 bits per heavy atom. The second-order valence-corrected chi connectivity index (χ2v) is 6.55. The summed E-state index contributed by atoms with van der Waals surface area (Å²) >= 11 is 0. The van der Waals surface area contributed by atoms with Crippen LogP contribution in [0.25, 0.3) is 0 Å². The van der Waals surface area contributed by atoms with Gasteiger partial charge in [-0.1, -0.05) is 6.07 Å². The summed E-state index contributed by atoms with van der Waals surface area (Å²) < 4.78 is 0. The summed E-state index contributed by atoms with van der Waals surface area (Å²) in [5.41, 5.74) is 5.52. The summed E-state index contributed by atoms with van der Waals surface area (Å²) in [6.45, 7) is 3.55. The van der Waals surface area contributed by atoms with Gasteiger partial charge >= 0.3 is 0 Å². The molecule has 0 saturated heterocycles. The number of amides is 1. The molecule has 0 atom stereocenters. The third-order valence-electron chi connectivity index (χ3n) is 4.90. The number of hydrogen-bond donors (Lipinski definition) is 2. The van der Waals surface area contributed by atoms with Crippen LogP contribution in [0.5, 0.6) is 0 Å². The van der Waals surface area contributed by atoms with Crippen LogP contribution < -0.4 is 10.9 Å². The monoisotopic (exact) mass is 335 g/mol. The van der Waals surface area contributed by atoms with Crippen LogP contribution in [0.15, 0.2) is 23.0 Å². The van der Waals surface area contributed by atoms with E-state index in [0.29, 0.717) is 24.1 Å². The molecule has 1 aliphatic rings. The van der Waals surface area contributed by atoms with Crippen LogP contribution in [0.3, 0.4) is 0 Å². The maximum atomic E-state index is 12.3. The van der Waals surface area contributed by atoms with Gasteiger partial charge in [-0.2, -0.15) is 5.26 Å². The van der Waals surface area contributed by atoms with E-state index in [1.165, 1.54) is 17.5 Å². The summed E-state index contributed by atoms with van der Waals surface area (Å²) in [6, 6.07) is 8.04. The Balaban J connectivity index is 1.69. The molecular formula is C20H21N3O2. The average molecular weight is 335 g/mol. The molecule has 0 saturated carbocycles. The first-order valence-corrected chi connectivity index (χ1v) is 8.53. The topological polar surface area (TPSA) is 85.8 Å². The summed E-state index contributed by atoms with van der Waals surface area (Å²) in [7, 11) is 0. The highest BCUT2D eigenvalue weighted by Gasteiger charge is 2.14. The first kappa shape index (κ1) is 17.0. The molecule has 0 spiro atoms. The van der Waals surface area contributed by atoms with Crippen molar-refractivity contribution in [1.29, 1.82) is 5.26 Å². The lowest BCUT2D eigenvalue weighted by atomic mass is 9.99. The lowest BCUT2D eigenvalue weighted by Crippen LogP contribution is -2.18. The van der Waals surface area contributed by atoms with Gasteiger partial charge in [-0.15, -0.1) is 0 Å². The van der Waals surface area contributed by atoms with E-state index < -0.39 is 0 Å². The molecule has 25 heavy (non-hydrogen) atoms. The fraction of sp³-hybridized carbons (Fsp3) is 0.350. The third kappa shape index (κ3) is 3.48. The van der Waals surface area contributed by atoms with E-state index in [0.717, 1.165) is 24.1 Å². The summed E-state index contributed by atoms with van der Waals surface area (Å²) in [6.07, 6.45) is 4.16. The van der Waals surface area contributed by atoms with Gasteiger partial charge in [0.25, 0.3) is 5.56 Å². The van der Waals surface area contributed by atoms with Crippen molar-refractivity contribution in [2.45, 2.75) is 46.0 Å². The number of aryl methyl sites for hydroxylation is 3. The van der Waals surface area contributed by atoms with Crippen molar-refractivity contribution < 1.29 is 4.79 Å². The fourth-order valence-corrected chi connectivity index (χ4v) is 3.53. The molecule has 2 aromatic rings. The molecule has 2 N–H and O–H groups in total. The Labute approximate surface area is 146 Å². The smallest absolute Gasteiger partial charge is 0.266 e. The normalized spacial score (nSPS) is 12.5. The molecule has 1 heterocycles. The number of anilines is 1. The molecular weight excluding hydrogens is 314 g/mol. The van der Waals surface area contributed by atoms with Crippen LogP contribution in [-0.4, -0.2) is 10.9 Å². The molecule has 0 bridgehead atoms. The Morgan fingerprint density at radius 3 is 2.80 bits per heavy atom. The number of rotatable bonds is 4. The SMILES string of the molecule is Cc1[nH]c(=O)c(C#N)c(C)c1CCC(=O)Nc1ccc2c(c1)CCC2. The largest absolute Gasteiger partial charge is 0.326 e. The Kier molecular flexibility index (Phi) is 4.71. The molecule has 0 radical (unpaired) electrons. The first-order valence-electron chi connectivity index (χ1n) is 8.53. The number of carbonyl (C=O) groups excluding carboxylic acids is 1. The van der Waals surface area contributed by atoms with Gasteiger partial charge in [0.2, 0.25) is 5.91 Å². The highest BCUT2D eigenvalue weighted by molar-refractivity contribution is 5.91. The molecule has 1 amide bonds. The Hall–Kier alpha value is -2.87. The lowest BCUT2D eigenvalue weighted by molar-refractivity contribution is -0.116. The number of fused-ring (bicyclic) bond motifs is 1. The van der Waals surface area contributed by atoms with Crippen molar-refractivity contribution in [2.24, 2.45) is 0 Å². The van der Waals surface area contributed by atoms with E-state index in [-0.39, 0.29) is 17.0 Å². The minimum atomic E-state index is -0.371. The molecule has 0 unspecified atom stereocenters. The van der Waals surface area contributed by atoms with Crippen LogP contribution in [0.4, 0.5) is 5.69 Å². The van der Waals surface area contributed by atoms with Crippen molar-refractivity contribution in [3.63, 3.8) is 0 Å². The average Bonchev–Trinajstić information content (AvgIpc) is 3.02. The van der Waals surface area contributed by atoms with E-state index in [1.54, 1.807) is 13.8 Å². The van der Waals surface area contributed by atoms with Crippen LogP contribution in [0.1, 0.15) is 46.4 Å². The predicted octanol–water partition coefficient (Wildman–Crippen LogP) is 2.92. The van der Waals surface area contributed by atoms with Crippen molar-refractivity contribution in [3.8, 4) is 6.07 Å². The van der Waals surface area contributed by atoms with Crippen molar-refractivity contribution in [1.82, 2.24) is 4.98 Å². The van der Waals surface area contributed by atoms with Crippen LogP contribution in [0, 0.1) is 25.2 Å². The van der Waals surface area contributed by atoms with Gasteiger partial charge in [0.15, 0.2) is 0 Å². The predicted molar refractivity (Wildman–Crippen MR) is 96.7 cm³/mol. The minimum Gasteiger partial charge on any atom is -0.326 e. The number of nitrogens with zero attached hydrogens (tertiary/aromatic N) is 1. The van der Waals surface area contributed by atoms with E-state index >= 15 is 0 Å². The summed E-state index contributed by atoms with van der Waals surface area (Å²) in [5.74, 6) is -0.0681. The van der Waals surface area contributed by atoms with Gasteiger partial charge in [-0.3, -0.25) is 9.59 Å². The zero-order chi connectivity index (χ0) is 18.0. The summed E-state index contributed by atoms with van der Waals surface area (Å²) in [4.78, 5) is 26.7. The number of carbonyl (C=O) groups is 1. The number of hydrogen-bond acceptors (Lipinski definition) is 3. The quantitative estimate of drug-likeness (QED) is 0.901. The zero-order valence-electron chi connectivity index (χ0n) is 14.5. The molecule has 0 aliphatic heterocycles. The number of aromatic nitrogens is 1. The van der Waals surface area contributed by atoms with Gasteiger partial charge in [0.05, 0.1) is 0 Å². The van der Waals surface area contributed by atoms with Crippen molar-refractivity contribution in [3.05, 3.63) is 62.1 Å². The highest BCUT2D eigenvalue weighted by atomic mass is 16.1. The Bertz CT molecular complexity index is 935.